The van der Waals surface area contributed by atoms with E-state index in [9.17, 15) is 24.2 Å². The zero-order valence-electron chi connectivity index (χ0n) is 17.7. The molecule has 0 amide bonds. The van der Waals surface area contributed by atoms with Crippen LogP contribution in [0.4, 0.5) is 25.2 Å². The summed E-state index contributed by atoms with van der Waals surface area (Å²) in [5.74, 6) is 1.21. The lowest BCUT2D eigenvalue weighted by atomic mass is 9.81. The number of aromatic nitrogens is 3. The number of aryl methyl sites for hydroxylation is 1. The normalized spacial score (nSPS) is 22.0. The molecule has 1 aromatic carbocycles. The third-order valence-electron chi connectivity index (χ3n) is 5.77. The fraction of sp³-hybridized carbons (Fsp3) is 0.381. The quantitative estimate of drug-likeness (QED) is 0.409. The van der Waals surface area contributed by atoms with Gasteiger partial charge >= 0.3 is 10.2 Å². The Hall–Kier alpha value is -2.69. The van der Waals surface area contributed by atoms with Gasteiger partial charge in [0, 0.05) is 18.3 Å². The van der Waals surface area contributed by atoms with E-state index in [1.165, 1.54) is 12.1 Å². The Morgan fingerprint density at radius 1 is 1.12 bits per heavy atom. The number of rotatable bonds is 5. The summed E-state index contributed by atoms with van der Waals surface area (Å²) in [6, 6.07) is 3.85. The van der Waals surface area contributed by atoms with Crippen molar-refractivity contribution in [3.63, 3.8) is 0 Å². The highest BCUT2D eigenvalue weighted by molar-refractivity contribution is 8.45. The highest BCUT2D eigenvalue weighted by Crippen LogP contribution is 3.02. The van der Waals surface area contributed by atoms with Crippen LogP contribution in [0.1, 0.15) is 50.2 Å². The van der Waals surface area contributed by atoms with Crippen molar-refractivity contribution in [1.29, 1.82) is 0 Å². The zero-order valence-corrected chi connectivity index (χ0v) is 18.5. The maximum atomic E-state index is 13.2. The van der Waals surface area contributed by atoms with Gasteiger partial charge in [0.25, 0.3) is 5.56 Å². The van der Waals surface area contributed by atoms with E-state index in [1.807, 2.05) is 0 Å². The third kappa shape index (κ3) is 4.43. The van der Waals surface area contributed by atoms with Gasteiger partial charge in [0.1, 0.15) is 16.5 Å². The van der Waals surface area contributed by atoms with E-state index in [1.54, 1.807) is 24.6 Å². The molecule has 174 valence electrons. The number of anilines is 1. The number of halogens is 5. The van der Waals surface area contributed by atoms with Crippen LogP contribution in [-0.2, 0) is 0 Å². The predicted molar refractivity (Wildman–Crippen MR) is 116 cm³/mol. The summed E-state index contributed by atoms with van der Waals surface area (Å²) < 4.78 is 67.8. The largest absolute Gasteiger partial charge is 0.363 e. The first-order valence-corrected chi connectivity index (χ1v) is 12.1. The highest BCUT2D eigenvalue weighted by atomic mass is 32.5. The third-order valence-corrected chi connectivity index (χ3v) is 6.91. The molecule has 32 heavy (non-hydrogen) atoms. The van der Waals surface area contributed by atoms with Gasteiger partial charge < -0.3 is 9.88 Å². The minimum Gasteiger partial charge on any atom is -0.363 e. The number of pyridine rings is 1. The SMILES string of the molecule is Cc1nc(N[C@H](C)c2cccc(S(F)(F)(F)(F)F)c2)c2cn([C@H]3C[C@@H](C)C3)c(=O)cc2n1. The molecule has 1 aliphatic rings. The predicted octanol–water partition coefficient (Wildman–Crippen LogP) is 6.90. The monoisotopic (exact) mass is 474 g/mol. The van der Waals surface area contributed by atoms with Gasteiger partial charge in [-0.25, -0.2) is 9.97 Å². The first-order chi connectivity index (χ1) is 14.6. The van der Waals surface area contributed by atoms with Crippen molar-refractivity contribution in [3.8, 4) is 0 Å². The van der Waals surface area contributed by atoms with Crippen molar-refractivity contribution in [2.45, 2.75) is 50.6 Å². The van der Waals surface area contributed by atoms with Crippen molar-refractivity contribution in [3.05, 3.63) is 58.3 Å². The minimum absolute atomic E-state index is 0.0290. The Morgan fingerprint density at radius 2 is 1.81 bits per heavy atom. The van der Waals surface area contributed by atoms with Crippen LogP contribution >= 0.6 is 10.2 Å². The zero-order chi connectivity index (χ0) is 23.5. The molecule has 1 N–H and O–H groups in total. The van der Waals surface area contributed by atoms with Crippen LogP contribution in [0.3, 0.4) is 0 Å². The fourth-order valence-corrected chi connectivity index (χ4v) is 4.72. The van der Waals surface area contributed by atoms with Crippen LogP contribution in [0.5, 0.6) is 0 Å². The molecular formula is C21H23F5N4OS. The van der Waals surface area contributed by atoms with Gasteiger partial charge in [-0.15, -0.1) is 0 Å². The standard InChI is InChI=1S/C21H23F5N4OS/c1-12-7-16(8-12)30-11-18-19(10-20(30)31)28-14(3)29-21(18)27-13(2)15-5-4-6-17(9-15)32(22,23,24,25)26/h4-6,9-13,16H,7-8H2,1-3H3,(H,27,28,29)/t12-,13-,16+/m1/s1. The summed E-state index contributed by atoms with van der Waals surface area (Å²) in [4.78, 5) is 19.2. The Kier molecular flexibility index (Phi) is 4.68. The molecule has 2 aromatic heterocycles. The molecule has 0 bridgehead atoms. The molecule has 0 radical (unpaired) electrons. The first-order valence-electron chi connectivity index (χ1n) is 10.1. The molecule has 0 unspecified atom stereocenters. The second kappa shape index (κ2) is 6.66. The van der Waals surface area contributed by atoms with Crippen LogP contribution in [0, 0.1) is 12.8 Å². The summed E-state index contributed by atoms with van der Waals surface area (Å²) in [7, 11) is -9.79. The molecule has 4 rings (SSSR count). The number of hydrogen-bond acceptors (Lipinski definition) is 4. The molecule has 1 saturated carbocycles. The molecule has 0 saturated heterocycles. The Labute approximate surface area is 181 Å². The lowest BCUT2D eigenvalue weighted by molar-refractivity contribution is 0.212. The van der Waals surface area contributed by atoms with Crippen molar-refractivity contribution in [2.24, 2.45) is 5.92 Å². The van der Waals surface area contributed by atoms with E-state index in [2.05, 4.69) is 22.2 Å². The average molecular weight is 474 g/mol. The number of hydrogen-bond donors (Lipinski definition) is 1. The maximum absolute atomic E-state index is 13.2. The second-order valence-corrected chi connectivity index (χ2v) is 11.0. The Morgan fingerprint density at radius 3 is 2.44 bits per heavy atom. The summed E-state index contributed by atoms with van der Waals surface area (Å²) in [5.41, 5.74) is 0.248. The van der Waals surface area contributed by atoms with Crippen LogP contribution in [-0.4, -0.2) is 14.5 Å². The minimum atomic E-state index is -9.79. The number of nitrogens with zero attached hydrogens (tertiary/aromatic N) is 3. The van der Waals surface area contributed by atoms with Gasteiger partial charge in [0.05, 0.1) is 16.9 Å². The molecule has 5 nitrogen and oxygen atoms in total. The lowest BCUT2D eigenvalue weighted by Gasteiger charge is -2.40. The van der Waals surface area contributed by atoms with Crippen molar-refractivity contribution >= 4 is 26.9 Å². The maximum Gasteiger partial charge on any atom is 0.310 e. The van der Waals surface area contributed by atoms with Crippen LogP contribution in [0.2, 0.25) is 0 Å². The van der Waals surface area contributed by atoms with Gasteiger partial charge in [-0.3, -0.25) is 4.79 Å². The van der Waals surface area contributed by atoms with Gasteiger partial charge in [-0.2, -0.15) is 0 Å². The smallest absolute Gasteiger partial charge is 0.310 e. The number of benzene rings is 1. The lowest BCUT2D eigenvalue weighted by Crippen LogP contribution is -2.32. The fourth-order valence-electron chi connectivity index (χ4n) is 4.03. The molecule has 1 atom stereocenters. The van der Waals surface area contributed by atoms with E-state index >= 15 is 0 Å². The van der Waals surface area contributed by atoms with Gasteiger partial charge in [0.15, 0.2) is 0 Å². The topological polar surface area (TPSA) is 59.8 Å². The van der Waals surface area contributed by atoms with Gasteiger partial charge in [-0.05, 0) is 50.3 Å². The molecule has 1 aliphatic carbocycles. The molecule has 3 aromatic rings. The summed E-state index contributed by atoms with van der Waals surface area (Å²) >= 11 is 0. The van der Waals surface area contributed by atoms with E-state index in [0.717, 1.165) is 18.9 Å². The molecule has 1 fully saturated rings. The molecule has 2 heterocycles. The van der Waals surface area contributed by atoms with Crippen LogP contribution < -0.4 is 10.9 Å². The van der Waals surface area contributed by atoms with Crippen LogP contribution in [0.15, 0.2) is 46.2 Å². The first kappa shape index (κ1) is 22.5. The summed E-state index contributed by atoms with van der Waals surface area (Å²) in [6.07, 6.45) is 3.41. The van der Waals surface area contributed by atoms with Gasteiger partial charge in [-0.1, -0.05) is 38.5 Å². The van der Waals surface area contributed by atoms with E-state index in [4.69, 9.17) is 0 Å². The molecular weight excluding hydrogens is 451 g/mol. The van der Waals surface area contributed by atoms with Crippen molar-refractivity contribution in [1.82, 2.24) is 14.5 Å². The van der Waals surface area contributed by atoms with Gasteiger partial charge in [0.2, 0.25) is 0 Å². The Bertz CT molecular complexity index is 1270. The number of nitrogens with one attached hydrogen (secondary N) is 1. The van der Waals surface area contributed by atoms with E-state index < -0.39 is 21.2 Å². The van der Waals surface area contributed by atoms with E-state index in [-0.39, 0.29) is 17.2 Å². The average Bonchev–Trinajstić information content (AvgIpc) is 2.63. The molecule has 0 spiro atoms. The van der Waals surface area contributed by atoms with E-state index in [0.29, 0.717) is 40.6 Å². The Balaban J connectivity index is 1.73. The van der Waals surface area contributed by atoms with Crippen molar-refractivity contribution < 1.29 is 19.4 Å². The second-order valence-electron chi connectivity index (χ2n) is 8.58. The molecule has 11 heteroatoms. The van der Waals surface area contributed by atoms with Crippen LogP contribution in [0.25, 0.3) is 10.9 Å². The van der Waals surface area contributed by atoms with Crippen molar-refractivity contribution in [2.75, 3.05) is 5.32 Å². The summed E-state index contributed by atoms with van der Waals surface area (Å²) in [6.45, 7) is 5.28. The molecule has 0 aliphatic heterocycles. The number of fused-ring (bicyclic) bond motifs is 1. The highest BCUT2D eigenvalue weighted by Gasteiger charge is 2.65. The summed E-state index contributed by atoms with van der Waals surface area (Å²) in [5, 5.41) is 3.54.